The minimum atomic E-state index is -0.195. The van der Waals surface area contributed by atoms with Crippen LogP contribution in [-0.2, 0) is 11.3 Å². The molecule has 0 unspecified atom stereocenters. The number of ether oxygens (including phenoxy) is 1. The van der Waals surface area contributed by atoms with E-state index in [-0.39, 0.29) is 11.7 Å². The molecule has 0 bridgehead atoms. The Hall–Kier alpha value is -2.32. The Bertz CT molecular complexity index is 987. The maximum atomic E-state index is 12.1. The molecule has 0 saturated heterocycles. The fourth-order valence-electron chi connectivity index (χ4n) is 2.61. The third kappa shape index (κ3) is 4.70. The van der Waals surface area contributed by atoms with Gasteiger partial charge in [0.05, 0.1) is 30.1 Å². The molecule has 0 radical (unpaired) electrons. The fourth-order valence-corrected chi connectivity index (χ4v) is 3.86. The van der Waals surface area contributed by atoms with Gasteiger partial charge in [0, 0.05) is 16.6 Å². The zero-order valence-electron chi connectivity index (χ0n) is 15.0. The first-order valence-corrected chi connectivity index (χ1v) is 10.1. The summed E-state index contributed by atoms with van der Waals surface area (Å²) in [5.41, 5.74) is 5.32. The molecule has 3 rings (SSSR count). The number of amides is 1. The van der Waals surface area contributed by atoms with Gasteiger partial charge in [0.1, 0.15) is 5.75 Å². The lowest BCUT2D eigenvalue weighted by Gasteiger charge is -2.05. The number of benzene rings is 2. The summed E-state index contributed by atoms with van der Waals surface area (Å²) in [7, 11) is 1.59. The minimum Gasteiger partial charge on any atom is -0.496 e. The number of rotatable bonds is 7. The van der Waals surface area contributed by atoms with Crippen LogP contribution in [0.25, 0.3) is 11.0 Å². The number of fused-ring (bicyclic) bond motifs is 1. The molecule has 0 fully saturated rings. The van der Waals surface area contributed by atoms with Gasteiger partial charge in [-0.05, 0) is 37.3 Å². The van der Waals surface area contributed by atoms with Crippen molar-refractivity contribution in [3.63, 3.8) is 0 Å². The van der Waals surface area contributed by atoms with Crippen LogP contribution in [0, 0.1) is 0 Å². The smallest absolute Gasteiger partial charge is 0.250 e. The van der Waals surface area contributed by atoms with Gasteiger partial charge in [-0.25, -0.2) is 10.4 Å². The van der Waals surface area contributed by atoms with Crippen LogP contribution in [0.5, 0.6) is 5.75 Å². The SMILES string of the molecule is CCn1c(SCC(=O)NN=Cc2cc(Br)ccc2OC)nc2ccccc21. The first-order chi connectivity index (χ1) is 13.1. The topological polar surface area (TPSA) is 68.5 Å². The Morgan fingerprint density at radius 1 is 1.37 bits per heavy atom. The Kier molecular flexibility index (Phi) is 6.52. The molecule has 6 nitrogen and oxygen atoms in total. The number of carbonyl (C=O) groups excluding carboxylic acids is 1. The zero-order chi connectivity index (χ0) is 19.2. The number of methoxy groups -OCH3 is 1. The second-order valence-corrected chi connectivity index (χ2v) is 7.45. The monoisotopic (exact) mass is 446 g/mol. The average Bonchev–Trinajstić information content (AvgIpc) is 3.04. The van der Waals surface area contributed by atoms with Crippen LogP contribution in [0.1, 0.15) is 12.5 Å². The Labute approximate surface area is 170 Å². The molecular formula is C19H19BrN4O2S. The molecule has 3 aromatic rings. The highest BCUT2D eigenvalue weighted by Crippen LogP contribution is 2.24. The summed E-state index contributed by atoms with van der Waals surface area (Å²) in [5.74, 6) is 0.721. The van der Waals surface area contributed by atoms with E-state index >= 15 is 0 Å². The standard InChI is InChI=1S/C19H19BrN4O2S/c1-3-24-16-7-5-4-6-15(16)22-19(24)27-12-18(25)23-21-11-13-10-14(20)8-9-17(13)26-2/h4-11H,3,12H2,1-2H3,(H,23,25). The lowest BCUT2D eigenvalue weighted by atomic mass is 10.2. The molecule has 1 amide bonds. The highest BCUT2D eigenvalue weighted by atomic mass is 79.9. The van der Waals surface area contributed by atoms with Crippen molar-refractivity contribution in [2.24, 2.45) is 5.10 Å². The quantitative estimate of drug-likeness (QED) is 0.337. The first-order valence-electron chi connectivity index (χ1n) is 8.36. The summed E-state index contributed by atoms with van der Waals surface area (Å²) in [5, 5.41) is 4.85. The normalized spacial score (nSPS) is 11.2. The summed E-state index contributed by atoms with van der Waals surface area (Å²) >= 11 is 4.80. The predicted octanol–water partition coefficient (Wildman–Crippen LogP) is 4.07. The highest BCUT2D eigenvalue weighted by Gasteiger charge is 2.11. The van der Waals surface area contributed by atoms with Crippen molar-refractivity contribution in [1.82, 2.24) is 15.0 Å². The lowest BCUT2D eigenvalue weighted by Crippen LogP contribution is -2.20. The number of thioether (sulfide) groups is 1. The molecule has 0 spiro atoms. The van der Waals surface area contributed by atoms with E-state index < -0.39 is 0 Å². The van der Waals surface area contributed by atoms with Crippen molar-refractivity contribution in [1.29, 1.82) is 0 Å². The van der Waals surface area contributed by atoms with Crippen LogP contribution in [0.4, 0.5) is 0 Å². The Balaban J connectivity index is 1.61. The maximum absolute atomic E-state index is 12.1. The van der Waals surface area contributed by atoms with E-state index in [4.69, 9.17) is 4.74 Å². The number of aryl methyl sites for hydroxylation is 1. The fraction of sp³-hybridized carbons (Fsp3) is 0.211. The molecule has 1 heterocycles. The summed E-state index contributed by atoms with van der Waals surface area (Å²) in [6, 6.07) is 13.5. The summed E-state index contributed by atoms with van der Waals surface area (Å²) in [4.78, 5) is 16.7. The molecule has 0 saturated carbocycles. The number of carbonyl (C=O) groups is 1. The van der Waals surface area contributed by atoms with Crippen molar-refractivity contribution in [3.05, 3.63) is 52.5 Å². The van der Waals surface area contributed by atoms with Crippen LogP contribution in [0.15, 0.2) is 57.2 Å². The van der Waals surface area contributed by atoms with Crippen LogP contribution in [-0.4, -0.2) is 34.5 Å². The van der Waals surface area contributed by atoms with Crippen molar-refractivity contribution in [2.45, 2.75) is 18.6 Å². The van der Waals surface area contributed by atoms with Gasteiger partial charge >= 0.3 is 0 Å². The number of nitrogens with one attached hydrogen (secondary N) is 1. The van der Waals surface area contributed by atoms with Crippen molar-refractivity contribution >= 4 is 50.8 Å². The molecule has 27 heavy (non-hydrogen) atoms. The van der Waals surface area contributed by atoms with Gasteiger partial charge in [-0.2, -0.15) is 5.10 Å². The summed E-state index contributed by atoms with van der Waals surface area (Å²) in [6.45, 7) is 2.86. The zero-order valence-corrected chi connectivity index (χ0v) is 17.4. The molecule has 0 aliphatic heterocycles. The van der Waals surface area contributed by atoms with Crippen molar-refractivity contribution in [2.75, 3.05) is 12.9 Å². The number of imidazole rings is 1. The Morgan fingerprint density at radius 3 is 2.96 bits per heavy atom. The third-order valence-electron chi connectivity index (χ3n) is 3.85. The van der Waals surface area contributed by atoms with Crippen molar-refractivity contribution < 1.29 is 9.53 Å². The number of aromatic nitrogens is 2. The largest absolute Gasteiger partial charge is 0.496 e. The molecule has 0 aliphatic carbocycles. The summed E-state index contributed by atoms with van der Waals surface area (Å²) in [6.07, 6.45) is 1.56. The second-order valence-electron chi connectivity index (χ2n) is 5.60. The van der Waals surface area contributed by atoms with Crippen LogP contribution >= 0.6 is 27.7 Å². The van der Waals surface area contributed by atoms with Crippen LogP contribution in [0.2, 0.25) is 0 Å². The maximum Gasteiger partial charge on any atom is 0.250 e. The van der Waals surface area contributed by atoms with E-state index in [1.54, 1.807) is 13.3 Å². The lowest BCUT2D eigenvalue weighted by molar-refractivity contribution is -0.118. The third-order valence-corrected chi connectivity index (χ3v) is 5.32. The highest BCUT2D eigenvalue weighted by molar-refractivity contribution is 9.10. The average molecular weight is 447 g/mol. The van der Waals surface area contributed by atoms with Crippen LogP contribution < -0.4 is 10.2 Å². The molecule has 0 aliphatic rings. The van der Waals surface area contributed by atoms with Crippen LogP contribution in [0.3, 0.4) is 0 Å². The molecule has 8 heteroatoms. The van der Waals surface area contributed by atoms with Gasteiger partial charge < -0.3 is 9.30 Å². The van der Waals surface area contributed by atoms with Gasteiger partial charge in [-0.1, -0.05) is 39.8 Å². The number of hydrogen-bond donors (Lipinski definition) is 1. The molecular weight excluding hydrogens is 428 g/mol. The van der Waals surface area contributed by atoms with E-state index in [0.29, 0.717) is 5.75 Å². The molecule has 2 aromatic carbocycles. The molecule has 1 aromatic heterocycles. The van der Waals surface area contributed by atoms with Gasteiger partial charge in [0.15, 0.2) is 5.16 Å². The molecule has 1 N–H and O–H groups in total. The molecule has 140 valence electrons. The summed E-state index contributed by atoms with van der Waals surface area (Å²) < 4.78 is 8.29. The number of hydrazone groups is 1. The van der Waals surface area contributed by atoms with Crippen molar-refractivity contribution in [3.8, 4) is 5.75 Å². The first kappa shape index (κ1) is 19.4. The number of halogens is 1. The van der Waals surface area contributed by atoms with E-state index in [2.05, 4.69) is 42.9 Å². The van der Waals surface area contributed by atoms with Gasteiger partial charge in [-0.3, -0.25) is 4.79 Å². The number of nitrogens with zero attached hydrogens (tertiary/aromatic N) is 3. The predicted molar refractivity (Wildman–Crippen MR) is 113 cm³/mol. The number of hydrogen-bond acceptors (Lipinski definition) is 5. The number of para-hydroxylation sites is 2. The molecule has 0 atom stereocenters. The van der Waals surface area contributed by atoms with E-state index in [9.17, 15) is 4.79 Å². The second kappa shape index (κ2) is 9.05. The van der Waals surface area contributed by atoms with Gasteiger partial charge in [0.2, 0.25) is 0 Å². The van der Waals surface area contributed by atoms with E-state index in [1.807, 2.05) is 42.5 Å². The van der Waals surface area contributed by atoms with E-state index in [1.165, 1.54) is 11.8 Å². The minimum absolute atomic E-state index is 0.195. The Morgan fingerprint density at radius 2 is 2.19 bits per heavy atom. The van der Waals surface area contributed by atoms with Gasteiger partial charge in [0.25, 0.3) is 5.91 Å². The van der Waals surface area contributed by atoms with E-state index in [0.717, 1.165) is 32.8 Å². The van der Waals surface area contributed by atoms with Gasteiger partial charge in [-0.15, -0.1) is 0 Å².